The fourth-order valence-electron chi connectivity index (χ4n) is 4.08. The first-order valence-corrected chi connectivity index (χ1v) is 11.8. The minimum atomic E-state index is -0.693. The number of nitrogens with one attached hydrogen (secondary N) is 2. The highest BCUT2D eigenvalue weighted by Crippen LogP contribution is 2.40. The minimum absolute atomic E-state index is 0.212. The van der Waals surface area contributed by atoms with Gasteiger partial charge in [-0.25, -0.2) is 9.59 Å². The molecule has 1 aliphatic heterocycles. The van der Waals surface area contributed by atoms with Crippen LogP contribution < -0.4 is 15.4 Å². The van der Waals surface area contributed by atoms with E-state index in [-0.39, 0.29) is 19.8 Å². The predicted octanol–water partition coefficient (Wildman–Crippen LogP) is 4.27. The van der Waals surface area contributed by atoms with E-state index in [1.54, 1.807) is 19.9 Å². The van der Waals surface area contributed by atoms with E-state index in [1.165, 1.54) is 0 Å². The maximum atomic E-state index is 13.4. The second-order valence-electron chi connectivity index (χ2n) is 7.70. The van der Waals surface area contributed by atoms with Gasteiger partial charge in [0.15, 0.2) is 11.7 Å². The molecule has 0 bridgehead atoms. The van der Waals surface area contributed by atoms with Crippen LogP contribution in [0.15, 0.2) is 72.3 Å². The molecular formula is C27H26N2O5S. The monoisotopic (exact) mass is 490 g/mol. The van der Waals surface area contributed by atoms with Crippen LogP contribution in [0.3, 0.4) is 0 Å². The third-order valence-electron chi connectivity index (χ3n) is 5.50. The summed E-state index contributed by atoms with van der Waals surface area (Å²) < 4.78 is 16.4. The van der Waals surface area contributed by atoms with Crippen molar-refractivity contribution >= 4 is 45.7 Å². The number of rotatable bonds is 8. The molecule has 2 N–H and O–H groups in total. The summed E-state index contributed by atoms with van der Waals surface area (Å²) in [7, 11) is 0. The summed E-state index contributed by atoms with van der Waals surface area (Å²) in [4.78, 5) is 25.4. The maximum absolute atomic E-state index is 13.4. The van der Waals surface area contributed by atoms with Gasteiger partial charge in [-0.05, 0) is 48.5 Å². The van der Waals surface area contributed by atoms with Crippen molar-refractivity contribution in [1.29, 1.82) is 0 Å². The van der Waals surface area contributed by atoms with Crippen LogP contribution in [0.4, 0.5) is 0 Å². The number of hydrogen-bond acceptors (Lipinski definition) is 6. The van der Waals surface area contributed by atoms with Crippen molar-refractivity contribution in [2.45, 2.75) is 19.9 Å². The van der Waals surface area contributed by atoms with Crippen LogP contribution >= 0.6 is 12.2 Å². The van der Waals surface area contributed by atoms with Gasteiger partial charge < -0.3 is 24.8 Å². The minimum Gasteiger partial charge on any atom is -0.482 e. The number of hydrogen-bond donors (Lipinski definition) is 2. The van der Waals surface area contributed by atoms with Crippen molar-refractivity contribution in [3.8, 4) is 5.75 Å². The van der Waals surface area contributed by atoms with Crippen LogP contribution in [0.5, 0.6) is 5.75 Å². The third kappa shape index (κ3) is 5.27. The maximum Gasteiger partial charge on any atom is 0.344 e. The van der Waals surface area contributed by atoms with E-state index in [9.17, 15) is 9.59 Å². The SMILES string of the molecule is CCOC(=O)COc1ccc2ccccc2c1C1NC(=S)NC(c2ccccc2)=C1C(=O)OCC. The van der Waals surface area contributed by atoms with Gasteiger partial charge in [-0.1, -0.05) is 60.7 Å². The second-order valence-corrected chi connectivity index (χ2v) is 8.11. The Hall–Kier alpha value is -3.91. The van der Waals surface area contributed by atoms with E-state index in [2.05, 4.69) is 10.6 Å². The Bertz CT molecular complexity index is 1290. The molecular weight excluding hydrogens is 464 g/mol. The first-order valence-electron chi connectivity index (χ1n) is 11.4. The summed E-state index contributed by atoms with van der Waals surface area (Å²) in [6.45, 7) is 3.70. The molecule has 7 nitrogen and oxygen atoms in total. The van der Waals surface area contributed by atoms with Crippen molar-refractivity contribution in [1.82, 2.24) is 10.6 Å². The quantitative estimate of drug-likeness (QED) is 0.358. The van der Waals surface area contributed by atoms with Crippen LogP contribution in [0, 0.1) is 0 Å². The number of fused-ring (bicyclic) bond motifs is 1. The Labute approximate surface area is 209 Å². The lowest BCUT2D eigenvalue weighted by molar-refractivity contribution is -0.145. The van der Waals surface area contributed by atoms with E-state index in [1.807, 2.05) is 60.7 Å². The average Bonchev–Trinajstić information content (AvgIpc) is 2.87. The van der Waals surface area contributed by atoms with Crippen LogP contribution in [-0.2, 0) is 19.1 Å². The van der Waals surface area contributed by atoms with Crippen LogP contribution in [0.1, 0.15) is 31.0 Å². The molecule has 1 aliphatic rings. The molecule has 8 heteroatoms. The van der Waals surface area contributed by atoms with Gasteiger partial charge in [-0.15, -0.1) is 0 Å². The molecule has 0 saturated carbocycles. The Morgan fingerprint density at radius 3 is 2.37 bits per heavy atom. The molecule has 0 aromatic heterocycles. The summed E-state index contributed by atoms with van der Waals surface area (Å²) in [5, 5.41) is 8.52. The first-order chi connectivity index (χ1) is 17.0. The summed E-state index contributed by atoms with van der Waals surface area (Å²) in [5.41, 5.74) is 2.39. The van der Waals surface area contributed by atoms with E-state index < -0.39 is 18.0 Å². The normalized spacial score (nSPS) is 15.3. The zero-order chi connectivity index (χ0) is 24.8. The van der Waals surface area contributed by atoms with E-state index in [4.69, 9.17) is 26.4 Å². The molecule has 0 spiro atoms. The molecule has 1 heterocycles. The van der Waals surface area contributed by atoms with Crippen molar-refractivity contribution in [3.63, 3.8) is 0 Å². The summed E-state index contributed by atoms with van der Waals surface area (Å²) in [6, 6.07) is 20.2. The van der Waals surface area contributed by atoms with Gasteiger partial charge in [-0.2, -0.15) is 0 Å². The molecule has 35 heavy (non-hydrogen) atoms. The van der Waals surface area contributed by atoms with Crippen molar-refractivity contribution in [2.75, 3.05) is 19.8 Å². The molecule has 0 radical (unpaired) electrons. The zero-order valence-corrected chi connectivity index (χ0v) is 20.3. The summed E-state index contributed by atoms with van der Waals surface area (Å²) in [5.74, 6) is -0.525. The Balaban J connectivity index is 1.93. The third-order valence-corrected chi connectivity index (χ3v) is 5.72. The van der Waals surface area contributed by atoms with Gasteiger partial charge in [0.1, 0.15) is 5.75 Å². The lowest BCUT2D eigenvalue weighted by Crippen LogP contribution is -2.45. The van der Waals surface area contributed by atoms with Gasteiger partial charge in [0, 0.05) is 5.56 Å². The Morgan fingerprint density at radius 1 is 0.914 bits per heavy atom. The highest BCUT2D eigenvalue weighted by Gasteiger charge is 2.36. The number of esters is 2. The highest BCUT2D eigenvalue weighted by molar-refractivity contribution is 7.80. The van der Waals surface area contributed by atoms with Crippen LogP contribution in [0.25, 0.3) is 16.5 Å². The smallest absolute Gasteiger partial charge is 0.344 e. The second kappa shape index (κ2) is 11.0. The van der Waals surface area contributed by atoms with Gasteiger partial charge in [0.2, 0.25) is 0 Å². The zero-order valence-electron chi connectivity index (χ0n) is 19.5. The molecule has 1 atom stereocenters. The van der Waals surface area contributed by atoms with Crippen molar-refractivity contribution in [3.05, 3.63) is 83.4 Å². The molecule has 3 aromatic carbocycles. The lowest BCUT2D eigenvalue weighted by Gasteiger charge is -2.32. The molecule has 3 aromatic rings. The van der Waals surface area contributed by atoms with Crippen LogP contribution in [0.2, 0.25) is 0 Å². The first kappa shape index (κ1) is 24.2. The average molecular weight is 491 g/mol. The fraction of sp³-hybridized carbons (Fsp3) is 0.222. The fourth-order valence-corrected chi connectivity index (χ4v) is 4.30. The van der Waals surface area contributed by atoms with Crippen molar-refractivity contribution < 1.29 is 23.8 Å². The van der Waals surface area contributed by atoms with Gasteiger partial charge in [0.25, 0.3) is 0 Å². The van der Waals surface area contributed by atoms with Gasteiger partial charge in [-0.3, -0.25) is 0 Å². The number of carbonyl (C=O) groups is 2. The molecule has 0 amide bonds. The number of carbonyl (C=O) groups excluding carboxylic acids is 2. The Kier molecular flexibility index (Phi) is 7.62. The van der Waals surface area contributed by atoms with Crippen molar-refractivity contribution in [2.24, 2.45) is 0 Å². The van der Waals surface area contributed by atoms with E-state index in [0.717, 1.165) is 16.3 Å². The molecule has 0 aliphatic carbocycles. The van der Waals surface area contributed by atoms with Crippen LogP contribution in [-0.4, -0.2) is 36.9 Å². The van der Waals surface area contributed by atoms with Gasteiger partial charge in [0.05, 0.1) is 30.5 Å². The predicted molar refractivity (Wildman–Crippen MR) is 138 cm³/mol. The number of benzene rings is 3. The van der Waals surface area contributed by atoms with Gasteiger partial charge >= 0.3 is 11.9 Å². The number of thiocarbonyl (C=S) groups is 1. The summed E-state index contributed by atoms with van der Waals surface area (Å²) in [6.07, 6.45) is 0. The molecule has 0 saturated heterocycles. The highest BCUT2D eigenvalue weighted by atomic mass is 32.1. The summed E-state index contributed by atoms with van der Waals surface area (Å²) >= 11 is 5.55. The van der Waals surface area contributed by atoms with E-state index in [0.29, 0.717) is 27.7 Å². The standard InChI is InChI=1S/C27H26N2O5S/c1-3-32-21(30)16-34-20-15-14-17-10-8-9-13-19(17)22(20)25-23(26(31)33-4-2)24(28-27(35)29-25)18-11-6-5-7-12-18/h5-15,25H,3-4,16H2,1-2H3,(H2,28,29,35). The molecule has 0 fully saturated rings. The largest absolute Gasteiger partial charge is 0.482 e. The molecule has 180 valence electrons. The topological polar surface area (TPSA) is 85.9 Å². The van der Waals surface area contributed by atoms with E-state index >= 15 is 0 Å². The number of ether oxygens (including phenoxy) is 3. The Morgan fingerprint density at radius 2 is 1.63 bits per heavy atom. The molecule has 1 unspecified atom stereocenters. The molecule has 4 rings (SSSR count). The lowest BCUT2D eigenvalue weighted by atomic mass is 9.89.